The molecular formula is C24H32ClN3O3. The number of benzene rings is 2. The molecule has 0 fully saturated rings. The molecule has 0 aliphatic carbocycles. The Morgan fingerprint density at radius 1 is 1.10 bits per heavy atom. The Morgan fingerprint density at radius 3 is 2.45 bits per heavy atom. The van der Waals surface area contributed by atoms with Gasteiger partial charge in [-0.05, 0) is 73.2 Å². The number of anilines is 1. The van der Waals surface area contributed by atoms with E-state index >= 15 is 0 Å². The number of carbonyl (C=O) groups is 1. The molecule has 1 amide bonds. The first kappa shape index (κ1) is 26.2. The van der Waals surface area contributed by atoms with E-state index in [-0.39, 0.29) is 29.8 Å². The summed E-state index contributed by atoms with van der Waals surface area (Å²) in [6.07, 6.45) is 6.60. The highest BCUT2D eigenvalue weighted by atomic mass is 35.5. The second-order valence-corrected chi connectivity index (χ2v) is 7.25. The molecule has 2 aromatic rings. The van der Waals surface area contributed by atoms with Crippen molar-refractivity contribution in [1.29, 1.82) is 0 Å². The summed E-state index contributed by atoms with van der Waals surface area (Å²) in [6, 6.07) is 7.98. The van der Waals surface area contributed by atoms with Gasteiger partial charge in [-0.15, -0.1) is 25.6 Å². The summed E-state index contributed by atoms with van der Waals surface area (Å²) in [7, 11) is 0. The normalized spacial score (nSPS) is 11.3. The Hall–Kier alpha value is -2.80. The maximum Gasteiger partial charge on any atom is 0.241 e. The molecule has 0 aromatic heterocycles. The van der Waals surface area contributed by atoms with Gasteiger partial charge in [-0.2, -0.15) is 0 Å². The Kier molecular flexibility index (Phi) is 10.8. The summed E-state index contributed by atoms with van der Waals surface area (Å²) in [4.78, 5) is 12.5. The summed E-state index contributed by atoms with van der Waals surface area (Å²) < 4.78 is 0. The summed E-state index contributed by atoms with van der Waals surface area (Å²) in [5, 5.41) is 23.7. The lowest BCUT2D eigenvalue weighted by atomic mass is 9.96. The van der Waals surface area contributed by atoms with Crippen LogP contribution in [-0.2, 0) is 17.6 Å². The first-order valence-corrected chi connectivity index (χ1v) is 10.1. The van der Waals surface area contributed by atoms with Crippen molar-refractivity contribution in [3.05, 3.63) is 66.8 Å². The van der Waals surface area contributed by atoms with E-state index in [9.17, 15) is 15.0 Å². The van der Waals surface area contributed by atoms with Crippen molar-refractivity contribution in [2.75, 3.05) is 11.9 Å². The molecule has 168 valence electrons. The highest BCUT2D eigenvalue weighted by Crippen LogP contribution is 2.38. The molecule has 31 heavy (non-hydrogen) atoms. The van der Waals surface area contributed by atoms with Crippen molar-refractivity contribution in [1.82, 2.24) is 0 Å². The fourth-order valence-electron chi connectivity index (χ4n) is 3.23. The topological polar surface area (TPSA) is 122 Å². The number of aromatic hydroxyl groups is 2. The quantitative estimate of drug-likeness (QED) is 0.203. The number of amides is 1. The van der Waals surface area contributed by atoms with Crippen LogP contribution < -0.4 is 16.8 Å². The predicted octanol–water partition coefficient (Wildman–Crippen LogP) is 4.04. The van der Waals surface area contributed by atoms with Gasteiger partial charge >= 0.3 is 0 Å². The van der Waals surface area contributed by atoms with Gasteiger partial charge in [0.1, 0.15) is 11.5 Å². The lowest BCUT2D eigenvalue weighted by Gasteiger charge is -2.17. The predicted molar refractivity (Wildman–Crippen MR) is 130 cm³/mol. The number of rotatable bonds is 11. The zero-order valence-electron chi connectivity index (χ0n) is 17.6. The average molecular weight is 446 g/mol. The number of phenols is 2. The SMILES string of the molecule is C=CCc1cc(NC(=O)C(N)CCCCN)c(O)c(-c2ccc(O)c(CC=C)c2)c1.Cl. The van der Waals surface area contributed by atoms with Crippen LogP contribution in [0.1, 0.15) is 30.4 Å². The average Bonchev–Trinajstić information content (AvgIpc) is 2.72. The number of hydrogen-bond donors (Lipinski definition) is 5. The van der Waals surface area contributed by atoms with Crippen molar-refractivity contribution < 1.29 is 15.0 Å². The molecule has 6 nitrogen and oxygen atoms in total. The Labute approximate surface area is 190 Å². The van der Waals surface area contributed by atoms with Gasteiger partial charge in [-0.25, -0.2) is 0 Å². The minimum atomic E-state index is -0.685. The third-order valence-corrected chi connectivity index (χ3v) is 4.87. The number of allylic oxidation sites excluding steroid dienone is 2. The molecule has 0 saturated heterocycles. The third-order valence-electron chi connectivity index (χ3n) is 4.87. The maximum absolute atomic E-state index is 12.5. The third kappa shape index (κ3) is 7.14. The Balaban J connectivity index is 0.00000480. The molecule has 0 bridgehead atoms. The Bertz CT molecular complexity index is 915. The van der Waals surface area contributed by atoms with Crippen molar-refractivity contribution in [3.8, 4) is 22.6 Å². The highest BCUT2D eigenvalue weighted by molar-refractivity contribution is 5.97. The van der Waals surface area contributed by atoms with E-state index in [1.807, 2.05) is 6.07 Å². The molecular weight excluding hydrogens is 414 g/mol. The highest BCUT2D eigenvalue weighted by Gasteiger charge is 2.18. The van der Waals surface area contributed by atoms with Crippen LogP contribution >= 0.6 is 12.4 Å². The van der Waals surface area contributed by atoms with Gasteiger partial charge < -0.3 is 27.0 Å². The first-order valence-electron chi connectivity index (χ1n) is 10.1. The van der Waals surface area contributed by atoms with E-state index in [0.29, 0.717) is 42.6 Å². The molecule has 0 spiro atoms. The van der Waals surface area contributed by atoms with E-state index < -0.39 is 6.04 Å². The van der Waals surface area contributed by atoms with Crippen LogP contribution in [0.5, 0.6) is 11.5 Å². The molecule has 0 saturated carbocycles. The monoisotopic (exact) mass is 445 g/mol. The van der Waals surface area contributed by atoms with Gasteiger partial charge in [0, 0.05) is 5.56 Å². The standard InChI is InChI=1S/C24H31N3O3.ClH/c1-3-7-16-13-19(17-10-11-22(28)18(15-17)8-4-2)23(29)21(14-16)27-24(30)20(26)9-5-6-12-25;/h3-4,10-11,13-15,20,28-29H,1-2,5-9,12,25-26H2,(H,27,30);1H. The molecule has 0 heterocycles. The summed E-state index contributed by atoms with van der Waals surface area (Å²) in [5.74, 6) is -0.250. The van der Waals surface area contributed by atoms with Gasteiger partial charge in [0.15, 0.2) is 0 Å². The lowest BCUT2D eigenvalue weighted by molar-refractivity contribution is -0.117. The zero-order valence-corrected chi connectivity index (χ0v) is 18.5. The van der Waals surface area contributed by atoms with Crippen LogP contribution in [0.3, 0.4) is 0 Å². The van der Waals surface area contributed by atoms with E-state index in [1.54, 1.807) is 36.4 Å². The fraction of sp³-hybridized carbons (Fsp3) is 0.292. The number of unbranched alkanes of at least 4 members (excludes halogenated alkanes) is 1. The van der Waals surface area contributed by atoms with Gasteiger partial charge in [0.25, 0.3) is 0 Å². The maximum atomic E-state index is 12.5. The van der Waals surface area contributed by atoms with Crippen molar-refractivity contribution >= 4 is 24.0 Å². The van der Waals surface area contributed by atoms with Crippen LogP contribution in [0, 0.1) is 0 Å². The summed E-state index contributed by atoms with van der Waals surface area (Å²) in [5.41, 5.74) is 14.6. The first-order chi connectivity index (χ1) is 14.4. The number of hydrogen-bond acceptors (Lipinski definition) is 5. The largest absolute Gasteiger partial charge is 0.508 e. The number of nitrogens with two attached hydrogens (primary N) is 2. The number of phenolic OH excluding ortho intramolecular Hbond substituents is 2. The van der Waals surface area contributed by atoms with Crippen LogP contribution in [0.2, 0.25) is 0 Å². The minimum absolute atomic E-state index is 0. The minimum Gasteiger partial charge on any atom is -0.508 e. The molecule has 2 rings (SSSR count). The molecule has 7 heteroatoms. The Morgan fingerprint density at radius 2 is 1.81 bits per heavy atom. The van der Waals surface area contributed by atoms with Crippen LogP contribution in [-0.4, -0.2) is 28.7 Å². The van der Waals surface area contributed by atoms with Crippen LogP contribution in [0.25, 0.3) is 11.1 Å². The second kappa shape index (κ2) is 12.8. The van der Waals surface area contributed by atoms with Gasteiger partial charge in [-0.3, -0.25) is 4.79 Å². The van der Waals surface area contributed by atoms with Gasteiger partial charge in [-0.1, -0.05) is 24.6 Å². The summed E-state index contributed by atoms with van der Waals surface area (Å²) in [6.45, 7) is 8.03. The van der Waals surface area contributed by atoms with Crippen molar-refractivity contribution in [2.45, 2.75) is 38.1 Å². The van der Waals surface area contributed by atoms with Crippen LogP contribution in [0.4, 0.5) is 5.69 Å². The van der Waals surface area contributed by atoms with E-state index in [2.05, 4.69) is 18.5 Å². The molecule has 1 atom stereocenters. The van der Waals surface area contributed by atoms with E-state index in [4.69, 9.17) is 11.5 Å². The molecule has 0 aliphatic heterocycles. The lowest BCUT2D eigenvalue weighted by Crippen LogP contribution is -2.35. The molecule has 2 aromatic carbocycles. The van der Waals surface area contributed by atoms with Gasteiger partial charge in [0.05, 0.1) is 11.7 Å². The number of halogens is 1. The number of carbonyl (C=O) groups excluding carboxylic acids is 1. The molecule has 7 N–H and O–H groups in total. The molecule has 0 radical (unpaired) electrons. The van der Waals surface area contributed by atoms with E-state index in [0.717, 1.165) is 24.0 Å². The van der Waals surface area contributed by atoms with Gasteiger partial charge in [0.2, 0.25) is 5.91 Å². The molecule has 0 aliphatic rings. The van der Waals surface area contributed by atoms with Crippen molar-refractivity contribution in [2.24, 2.45) is 11.5 Å². The second-order valence-electron chi connectivity index (χ2n) is 7.25. The number of nitrogens with one attached hydrogen (secondary N) is 1. The van der Waals surface area contributed by atoms with Crippen molar-refractivity contribution in [3.63, 3.8) is 0 Å². The van der Waals surface area contributed by atoms with Crippen LogP contribution in [0.15, 0.2) is 55.6 Å². The molecule has 1 unspecified atom stereocenters. The fourth-order valence-corrected chi connectivity index (χ4v) is 3.23. The zero-order chi connectivity index (χ0) is 22.1. The summed E-state index contributed by atoms with van der Waals surface area (Å²) >= 11 is 0. The smallest absolute Gasteiger partial charge is 0.241 e. The van der Waals surface area contributed by atoms with E-state index in [1.165, 1.54) is 0 Å².